The molecule has 0 atom stereocenters. The lowest BCUT2D eigenvalue weighted by molar-refractivity contribution is -0.210. The molecule has 0 aliphatic rings. The van der Waals surface area contributed by atoms with Crippen LogP contribution in [0.25, 0.3) is 22.2 Å². The maximum Gasteiger partial charge on any atom is 0.394 e. The summed E-state index contributed by atoms with van der Waals surface area (Å²) in [5.74, 6) is -0.464. The van der Waals surface area contributed by atoms with E-state index in [0.29, 0.717) is 22.2 Å². The van der Waals surface area contributed by atoms with Crippen molar-refractivity contribution in [1.82, 2.24) is 4.98 Å². The van der Waals surface area contributed by atoms with Crippen molar-refractivity contribution in [1.29, 1.82) is 0 Å². The highest BCUT2D eigenvalue weighted by Gasteiger charge is 2.47. The van der Waals surface area contributed by atoms with Crippen LogP contribution >= 0.6 is 0 Å². The Morgan fingerprint density at radius 3 is 2.11 bits per heavy atom. The van der Waals surface area contributed by atoms with Crippen LogP contribution in [0.15, 0.2) is 42.5 Å². The van der Waals surface area contributed by atoms with Crippen molar-refractivity contribution in [2.24, 2.45) is 5.41 Å². The lowest BCUT2D eigenvalue weighted by atomic mass is 9.83. The average Bonchev–Trinajstić information content (AvgIpc) is 2.51. The number of fused-ring (bicyclic) bond motifs is 1. The number of aromatic nitrogens is 1. The Morgan fingerprint density at radius 1 is 0.889 bits per heavy atom. The van der Waals surface area contributed by atoms with Crippen LogP contribution in [-0.4, -0.2) is 11.2 Å². The zero-order chi connectivity index (χ0) is 20.0. The number of hydrogen-bond acceptors (Lipinski definition) is 1. The summed E-state index contributed by atoms with van der Waals surface area (Å²) in [4.78, 5) is 4.52. The summed E-state index contributed by atoms with van der Waals surface area (Å²) in [5, 5.41) is 0.543. The van der Waals surface area contributed by atoms with Crippen molar-refractivity contribution in [2.75, 3.05) is 0 Å². The summed E-state index contributed by atoms with van der Waals surface area (Å²) in [6.45, 7) is 6.26. The van der Waals surface area contributed by atoms with Crippen molar-refractivity contribution >= 4 is 10.9 Å². The van der Waals surface area contributed by atoms with Crippen LogP contribution in [-0.2, 0) is 6.42 Å². The average molecular weight is 375 g/mol. The molecule has 0 fully saturated rings. The highest BCUT2D eigenvalue weighted by Crippen LogP contribution is 2.41. The van der Waals surface area contributed by atoms with Gasteiger partial charge in [0.2, 0.25) is 0 Å². The second-order valence-corrected chi connectivity index (χ2v) is 7.76. The highest BCUT2D eigenvalue weighted by atomic mass is 19.4. The van der Waals surface area contributed by atoms with Crippen molar-refractivity contribution in [3.8, 4) is 11.3 Å². The van der Waals surface area contributed by atoms with E-state index in [0.717, 1.165) is 16.7 Å². The first-order chi connectivity index (χ1) is 12.5. The zero-order valence-electron chi connectivity index (χ0n) is 15.7. The maximum absolute atomic E-state index is 13.7. The van der Waals surface area contributed by atoms with Gasteiger partial charge in [-0.2, -0.15) is 13.2 Å². The topological polar surface area (TPSA) is 12.9 Å². The molecule has 1 heterocycles. The third-order valence-corrected chi connectivity index (χ3v) is 4.77. The van der Waals surface area contributed by atoms with Gasteiger partial charge in [0.1, 0.15) is 5.82 Å². The third kappa shape index (κ3) is 3.97. The van der Waals surface area contributed by atoms with Gasteiger partial charge in [-0.25, -0.2) is 9.37 Å². The minimum absolute atomic E-state index is 0.209. The van der Waals surface area contributed by atoms with Gasteiger partial charge in [-0.15, -0.1) is 0 Å². The largest absolute Gasteiger partial charge is 0.394 e. The van der Waals surface area contributed by atoms with E-state index in [2.05, 4.69) is 4.98 Å². The SMILES string of the molecule is Cc1cc(C)cc(-c2cc(CC(C)(C)C(F)(F)F)c3ccc(F)cc3n2)c1. The monoisotopic (exact) mass is 375 g/mol. The Balaban J connectivity index is 2.22. The van der Waals surface area contributed by atoms with Crippen LogP contribution in [0, 0.1) is 25.1 Å². The van der Waals surface area contributed by atoms with Gasteiger partial charge < -0.3 is 0 Å². The summed E-state index contributed by atoms with van der Waals surface area (Å²) in [5.41, 5.74) is 2.38. The van der Waals surface area contributed by atoms with Gasteiger partial charge in [0, 0.05) is 17.0 Å². The Labute approximate surface area is 156 Å². The first-order valence-corrected chi connectivity index (χ1v) is 8.71. The number of rotatable bonds is 3. The van der Waals surface area contributed by atoms with Crippen LogP contribution < -0.4 is 0 Å². The standard InChI is InChI=1S/C22H21F4N/c1-13-7-14(2)9-15(8-13)19-10-16(12-21(3,4)22(24,25)26)18-6-5-17(23)11-20(18)27-19/h5-11H,12H2,1-4H3. The summed E-state index contributed by atoms with van der Waals surface area (Å²) < 4.78 is 54.0. The molecule has 2 aromatic carbocycles. The molecule has 3 rings (SSSR count). The molecule has 0 aliphatic heterocycles. The van der Waals surface area contributed by atoms with E-state index in [1.807, 2.05) is 32.0 Å². The molecule has 0 bridgehead atoms. The molecule has 0 aliphatic carbocycles. The van der Waals surface area contributed by atoms with Gasteiger partial charge in [-0.1, -0.05) is 31.0 Å². The summed E-state index contributed by atoms with van der Waals surface area (Å²) in [6.07, 6.45) is -4.55. The number of benzene rings is 2. The predicted molar refractivity (Wildman–Crippen MR) is 100 cm³/mol. The zero-order valence-corrected chi connectivity index (χ0v) is 15.7. The summed E-state index contributed by atoms with van der Waals surface area (Å²) in [7, 11) is 0. The molecule has 0 radical (unpaired) electrons. The first-order valence-electron chi connectivity index (χ1n) is 8.71. The number of nitrogens with zero attached hydrogens (tertiary/aromatic N) is 1. The number of halogens is 4. The van der Waals surface area contributed by atoms with E-state index in [1.165, 1.54) is 32.0 Å². The molecule has 0 unspecified atom stereocenters. The second kappa shape index (κ2) is 6.63. The molecular formula is C22H21F4N. The molecule has 1 nitrogen and oxygen atoms in total. The smallest absolute Gasteiger partial charge is 0.248 e. The van der Waals surface area contributed by atoms with Crippen LogP contribution in [0.5, 0.6) is 0 Å². The van der Waals surface area contributed by atoms with Crippen molar-refractivity contribution in [3.05, 3.63) is 65.0 Å². The molecule has 3 aromatic rings. The fraction of sp³-hybridized carbons (Fsp3) is 0.318. The van der Waals surface area contributed by atoms with Crippen LogP contribution in [0.1, 0.15) is 30.5 Å². The molecule has 142 valence electrons. The van der Waals surface area contributed by atoms with E-state index in [1.54, 1.807) is 6.07 Å². The van der Waals surface area contributed by atoms with Crippen molar-refractivity contribution in [2.45, 2.75) is 40.3 Å². The minimum Gasteiger partial charge on any atom is -0.248 e. The molecule has 0 N–H and O–H groups in total. The Bertz CT molecular complexity index is 983. The van der Waals surface area contributed by atoms with Gasteiger partial charge in [-0.3, -0.25) is 0 Å². The Hall–Kier alpha value is -2.43. The van der Waals surface area contributed by atoms with Gasteiger partial charge >= 0.3 is 6.18 Å². The Morgan fingerprint density at radius 2 is 1.52 bits per heavy atom. The van der Waals surface area contributed by atoms with E-state index in [9.17, 15) is 17.6 Å². The number of alkyl halides is 3. The third-order valence-electron chi connectivity index (χ3n) is 4.77. The molecular weight excluding hydrogens is 354 g/mol. The number of pyridine rings is 1. The van der Waals surface area contributed by atoms with Crippen molar-refractivity contribution in [3.63, 3.8) is 0 Å². The molecule has 1 aromatic heterocycles. The molecule has 0 amide bonds. The molecule has 27 heavy (non-hydrogen) atoms. The highest BCUT2D eigenvalue weighted by molar-refractivity contribution is 5.85. The number of hydrogen-bond donors (Lipinski definition) is 0. The van der Waals surface area contributed by atoms with Gasteiger partial charge in [0.25, 0.3) is 0 Å². The first kappa shape index (κ1) is 19.3. The quantitative estimate of drug-likeness (QED) is 0.459. The molecule has 0 spiro atoms. The summed E-state index contributed by atoms with van der Waals surface area (Å²) in [6, 6.07) is 11.6. The van der Waals surface area contributed by atoms with Crippen LogP contribution in [0.4, 0.5) is 17.6 Å². The van der Waals surface area contributed by atoms with E-state index < -0.39 is 17.4 Å². The van der Waals surface area contributed by atoms with E-state index in [-0.39, 0.29) is 6.42 Å². The minimum atomic E-state index is -4.34. The normalized spacial score (nSPS) is 12.6. The van der Waals surface area contributed by atoms with E-state index in [4.69, 9.17) is 0 Å². The lowest BCUT2D eigenvalue weighted by Gasteiger charge is -2.28. The fourth-order valence-electron chi connectivity index (χ4n) is 3.27. The van der Waals surface area contributed by atoms with E-state index >= 15 is 0 Å². The van der Waals surface area contributed by atoms with Crippen LogP contribution in [0.2, 0.25) is 0 Å². The predicted octanol–water partition coefficient (Wildman–Crippen LogP) is 6.79. The molecule has 0 saturated heterocycles. The van der Waals surface area contributed by atoms with Crippen LogP contribution in [0.3, 0.4) is 0 Å². The second-order valence-electron chi connectivity index (χ2n) is 7.76. The number of aryl methyl sites for hydroxylation is 2. The van der Waals surface area contributed by atoms with Gasteiger partial charge in [-0.05, 0) is 56.2 Å². The fourth-order valence-corrected chi connectivity index (χ4v) is 3.27. The lowest BCUT2D eigenvalue weighted by Crippen LogP contribution is -2.34. The van der Waals surface area contributed by atoms with Crippen molar-refractivity contribution < 1.29 is 17.6 Å². The Kier molecular flexibility index (Phi) is 4.74. The van der Waals surface area contributed by atoms with Gasteiger partial charge in [0.15, 0.2) is 0 Å². The maximum atomic E-state index is 13.7. The van der Waals surface area contributed by atoms with Gasteiger partial charge in [0.05, 0.1) is 16.6 Å². The summed E-state index contributed by atoms with van der Waals surface area (Å²) >= 11 is 0. The molecule has 0 saturated carbocycles. The molecule has 5 heteroatoms.